The summed E-state index contributed by atoms with van der Waals surface area (Å²) >= 11 is 1.83. The van der Waals surface area contributed by atoms with E-state index in [1.54, 1.807) is 0 Å². The Morgan fingerprint density at radius 2 is 1.58 bits per heavy atom. The molecule has 0 fully saturated rings. The first-order chi connectivity index (χ1) is 9.31. The van der Waals surface area contributed by atoms with Gasteiger partial charge in [0.2, 0.25) is 0 Å². The maximum Gasteiger partial charge on any atom is 0.0790 e. The molecule has 1 N–H and O–H groups in total. The lowest BCUT2D eigenvalue weighted by molar-refractivity contribution is 0.167. The average Bonchev–Trinajstić information content (AvgIpc) is 2.48. The Morgan fingerprint density at radius 3 is 2.21 bits per heavy atom. The number of benzene rings is 2. The summed E-state index contributed by atoms with van der Waals surface area (Å²) in [4.78, 5) is 0. The van der Waals surface area contributed by atoms with E-state index in [1.807, 2.05) is 42.1 Å². The maximum atomic E-state index is 10.1. The molecule has 2 rings (SSSR count). The third-order valence-corrected chi connectivity index (χ3v) is 3.93. The standard InChI is InChI=1S/C17H20OS/c1-19-13-5-8-17(18)16-11-9-15(10-12-16)14-6-3-2-4-7-14/h2-4,6-7,9-12,17-18H,5,8,13H2,1H3. The van der Waals surface area contributed by atoms with Gasteiger partial charge < -0.3 is 5.11 Å². The number of aliphatic hydroxyl groups is 1. The molecule has 0 bridgehead atoms. The van der Waals surface area contributed by atoms with E-state index in [-0.39, 0.29) is 6.10 Å². The maximum absolute atomic E-state index is 10.1. The van der Waals surface area contributed by atoms with Crippen LogP contribution in [0.15, 0.2) is 54.6 Å². The van der Waals surface area contributed by atoms with Gasteiger partial charge in [-0.25, -0.2) is 0 Å². The second-order valence-electron chi connectivity index (χ2n) is 4.64. The molecule has 19 heavy (non-hydrogen) atoms. The Hall–Kier alpha value is -1.25. The topological polar surface area (TPSA) is 20.2 Å². The monoisotopic (exact) mass is 272 g/mol. The van der Waals surface area contributed by atoms with E-state index >= 15 is 0 Å². The van der Waals surface area contributed by atoms with Crippen molar-refractivity contribution in [3.05, 3.63) is 60.2 Å². The van der Waals surface area contributed by atoms with Crippen LogP contribution in [0.3, 0.4) is 0 Å². The third-order valence-electron chi connectivity index (χ3n) is 3.23. The van der Waals surface area contributed by atoms with Crippen LogP contribution in [0.5, 0.6) is 0 Å². The van der Waals surface area contributed by atoms with Gasteiger partial charge in [-0.05, 0) is 41.5 Å². The fraction of sp³-hybridized carbons (Fsp3) is 0.294. The quantitative estimate of drug-likeness (QED) is 0.780. The van der Waals surface area contributed by atoms with Gasteiger partial charge in [0, 0.05) is 0 Å². The number of hydrogen-bond donors (Lipinski definition) is 1. The lowest BCUT2D eigenvalue weighted by Crippen LogP contribution is -1.98. The van der Waals surface area contributed by atoms with Gasteiger partial charge in [0.15, 0.2) is 0 Å². The number of hydrogen-bond acceptors (Lipinski definition) is 2. The normalized spacial score (nSPS) is 12.3. The highest BCUT2D eigenvalue weighted by molar-refractivity contribution is 7.98. The van der Waals surface area contributed by atoms with E-state index in [1.165, 1.54) is 11.1 Å². The van der Waals surface area contributed by atoms with Crippen LogP contribution in [0.2, 0.25) is 0 Å². The van der Waals surface area contributed by atoms with Crippen LogP contribution < -0.4 is 0 Å². The summed E-state index contributed by atoms with van der Waals surface area (Å²) in [5, 5.41) is 10.1. The molecule has 1 nitrogen and oxygen atoms in total. The molecule has 0 aliphatic carbocycles. The van der Waals surface area contributed by atoms with E-state index < -0.39 is 0 Å². The first-order valence-corrected chi connectivity index (χ1v) is 8.03. The molecule has 0 saturated carbocycles. The van der Waals surface area contributed by atoms with Crippen molar-refractivity contribution in [2.24, 2.45) is 0 Å². The van der Waals surface area contributed by atoms with E-state index in [0.29, 0.717) is 0 Å². The molecule has 0 heterocycles. The van der Waals surface area contributed by atoms with Gasteiger partial charge >= 0.3 is 0 Å². The van der Waals surface area contributed by atoms with Gasteiger partial charge in [-0.3, -0.25) is 0 Å². The van der Waals surface area contributed by atoms with Crippen molar-refractivity contribution in [3.8, 4) is 11.1 Å². The van der Waals surface area contributed by atoms with E-state index in [2.05, 4.69) is 30.5 Å². The molecule has 2 aromatic carbocycles. The zero-order valence-electron chi connectivity index (χ0n) is 11.3. The van der Waals surface area contributed by atoms with Crippen molar-refractivity contribution < 1.29 is 5.11 Å². The van der Waals surface area contributed by atoms with Crippen molar-refractivity contribution in [1.29, 1.82) is 0 Å². The lowest BCUT2D eigenvalue weighted by atomic mass is 10.0. The highest BCUT2D eigenvalue weighted by Crippen LogP contribution is 2.24. The largest absolute Gasteiger partial charge is 0.388 e. The first kappa shape index (κ1) is 14.2. The molecule has 1 unspecified atom stereocenters. The Bertz CT molecular complexity index is 478. The van der Waals surface area contributed by atoms with Crippen LogP contribution in [-0.2, 0) is 0 Å². The summed E-state index contributed by atoms with van der Waals surface area (Å²) in [5.41, 5.74) is 3.42. The Morgan fingerprint density at radius 1 is 0.947 bits per heavy atom. The molecule has 0 aliphatic heterocycles. The highest BCUT2D eigenvalue weighted by Gasteiger charge is 2.07. The van der Waals surface area contributed by atoms with E-state index in [4.69, 9.17) is 0 Å². The van der Waals surface area contributed by atoms with Gasteiger partial charge in [0.1, 0.15) is 0 Å². The molecule has 0 saturated heterocycles. The molecule has 0 radical (unpaired) electrons. The van der Waals surface area contributed by atoms with Gasteiger partial charge in [0.05, 0.1) is 6.10 Å². The molecular formula is C17H20OS. The molecule has 1 atom stereocenters. The van der Waals surface area contributed by atoms with Gasteiger partial charge in [-0.2, -0.15) is 11.8 Å². The summed E-state index contributed by atoms with van der Waals surface area (Å²) < 4.78 is 0. The van der Waals surface area contributed by atoms with Crippen molar-refractivity contribution in [1.82, 2.24) is 0 Å². The predicted molar refractivity (Wildman–Crippen MR) is 84.5 cm³/mol. The second kappa shape index (κ2) is 7.37. The number of rotatable bonds is 6. The molecule has 100 valence electrons. The molecule has 0 aliphatic rings. The van der Waals surface area contributed by atoms with Crippen LogP contribution in [-0.4, -0.2) is 17.1 Å². The fourth-order valence-corrected chi connectivity index (χ4v) is 2.57. The smallest absolute Gasteiger partial charge is 0.0790 e. The Kier molecular flexibility index (Phi) is 5.49. The minimum Gasteiger partial charge on any atom is -0.388 e. The van der Waals surface area contributed by atoms with Crippen LogP contribution in [0.25, 0.3) is 11.1 Å². The fourth-order valence-electron chi connectivity index (χ4n) is 2.12. The van der Waals surface area contributed by atoms with Gasteiger partial charge in [0.25, 0.3) is 0 Å². The highest BCUT2D eigenvalue weighted by atomic mass is 32.2. The Labute approximate surface area is 119 Å². The van der Waals surface area contributed by atoms with Crippen LogP contribution in [0.4, 0.5) is 0 Å². The molecule has 0 spiro atoms. The minimum absolute atomic E-state index is 0.336. The average molecular weight is 272 g/mol. The molecular weight excluding hydrogens is 252 g/mol. The van der Waals surface area contributed by atoms with Crippen molar-refractivity contribution >= 4 is 11.8 Å². The predicted octanol–water partition coefficient (Wildman–Crippen LogP) is 4.53. The van der Waals surface area contributed by atoms with E-state index in [0.717, 1.165) is 24.2 Å². The molecule has 2 aromatic rings. The minimum atomic E-state index is -0.336. The zero-order chi connectivity index (χ0) is 13.5. The molecule has 2 heteroatoms. The van der Waals surface area contributed by atoms with Crippen molar-refractivity contribution in [2.75, 3.05) is 12.0 Å². The first-order valence-electron chi connectivity index (χ1n) is 6.63. The second-order valence-corrected chi connectivity index (χ2v) is 5.62. The van der Waals surface area contributed by atoms with Crippen molar-refractivity contribution in [3.63, 3.8) is 0 Å². The van der Waals surface area contributed by atoms with Crippen LogP contribution in [0.1, 0.15) is 24.5 Å². The third kappa shape index (κ3) is 4.12. The lowest BCUT2D eigenvalue weighted by Gasteiger charge is -2.11. The van der Waals surface area contributed by atoms with Gasteiger partial charge in [-0.1, -0.05) is 54.6 Å². The SMILES string of the molecule is CSCCCC(O)c1ccc(-c2ccccc2)cc1. The molecule has 0 aromatic heterocycles. The summed E-state index contributed by atoms with van der Waals surface area (Å²) in [6, 6.07) is 18.5. The number of thioether (sulfide) groups is 1. The summed E-state index contributed by atoms with van der Waals surface area (Å²) in [6.45, 7) is 0. The summed E-state index contributed by atoms with van der Waals surface area (Å²) in [7, 11) is 0. The van der Waals surface area contributed by atoms with Crippen LogP contribution >= 0.6 is 11.8 Å². The van der Waals surface area contributed by atoms with Gasteiger partial charge in [-0.15, -0.1) is 0 Å². The van der Waals surface area contributed by atoms with Crippen molar-refractivity contribution in [2.45, 2.75) is 18.9 Å². The summed E-state index contributed by atoms with van der Waals surface area (Å²) in [5.74, 6) is 1.11. The molecule has 0 amide bonds. The Balaban J connectivity index is 2.02. The van der Waals surface area contributed by atoms with Crippen LogP contribution in [0, 0.1) is 0 Å². The summed E-state index contributed by atoms with van der Waals surface area (Å²) in [6.07, 6.45) is 3.66. The number of aliphatic hydroxyl groups excluding tert-OH is 1. The zero-order valence-corrected chi connectivity index (χ0v) is 12.1. The van der Waals surface area contributed by atoms with E-state index in [9.17, 15) is 5.11 Å².